The van der Waals surface area contributed by atoms with E-state index in [9.17, 15) is 4.79 Å². The van der Waals surface area contributed by atoms with Crippen molar-refractivity contribution in [1.82, 2.24) is 9.97 Å². The molecule has 0 spiro atoms. The molecule has 1 N–H and O–H groups in total. The van der Waals surface area contributed by atoms with Crippen LogP contribution in [0.1, 0.15) is 10.4 Å². The van der Waals surface area contributed by atoms with Gasteiger partial charge in [-0.2, -0.15) is 0 Å². The van der Waals surface area contributed by atoms with Gasteiger partial charge < -0.3 is 5.32 Å². The second-order valence-electron chi connectivity index (χ2n) is 5.36. The minimum atomic E-state index is -0.149. The van der Waals surface area contributed by atoms with E-state index in [2.05, 4.69) is 31.2 Å². The molecule has 0 atom stereocenters. The van der Waals surface area contributed by atoms with E-state index >= 15 is 0 Å². The summed E-state index contributed by atoms with van der Waals surface area (Å²) in [6.45, 7) is 0. The molecule has 6 heteroatoms. The van der Waals surface area contributed by atoms with Crippen molar-refractivity contribution >= 4 is 49.2 Å². The number of anilines is 1. The summed E-state index contributed by atoms with van der Waals surface area (Å²) in [4.78, 5) is 22.2. The molecule has 4 aromatic rings. The number of hydrogen-bond donors (Lipinski definition) is 1. The first kappa shape index (κ1) is 15.9. The fraction of sp³-hybridized carbons (Fsp3) is 0. The lowest BCUT2D eigenvalue weighted by molar-refractivity contribution is 0.102. The topological polar surface area (TPSA) is 54.9 Å². The Bertz CT molecular complexity index is 1030. The third-order valence-electron chi connectivity index (χ3n) is 3.67. The highest BCUT2D eigenvalue weighted by Crippen LogP contribution is 2.29. The first-order valence-electron chi connectivity index (χ1n) is 7.58. The number of thiazole rings is 1. The van der Waals surface area contributed by atoms with Crippen LogP contribution in [0, 0.1) is 0 Å². The van der Waals surface area contributed by atoms with Gasteiger partial charge in [-0.1, -0.05) is 23.5 Å². The molecular formula is C19H12BrN3OS. The lowest BCUT2D eigenvalue weighted by Gasteiger charge is -2.07. The number of aromatic nitrogens is 2. The maximum atomic E-state index is 12.3. The van der Waals surface area contributed by atoms with Crippen LogP contribution in [0.25, 0.3) is 20.9 Å². The van der Waals surface area contributed by atoms with Gasteiger partial charge in [-0.25, -0.2) is 9.97 Å². The number of carbonyl (C=O) groups is 1. The maximum absolute atomic E-state index is 12.3. The molecule has 0 saturated carbocycles. The summed E-state index contributed by atoms with van der Waals surface area (Å²) in [6.07, 6.45) is 1.77. The van der Waals surface area contributed by atoms with Crippen LogP contribution < -0.4 is 5.32 Å². The Morgan fingerprint density at radius 1 is 1.00 bits per heavy atom. The van der Waals surface area contributed by atoms with Gasteiger partial charge in [0.25, 0.3) is 5.91 Å². The lowest BCUT2D eigenvalue weighted by Crippen LogP contribution is -2.12. The van der Waals surface area contributed by atoms with Crippen molar-refractivity contribution in [2.24, 2.45) is 0 Å². The molecule has 1 amide bonds. The number of hydrogen-bond acceptors (Lipinski definition) is 4. The van der Waals surface area contributed by atoms with Gasteiger partial charge in [0.05, 0.1) is 5.56 Å². The molecule has 0 aliphatic rings. The molecule has 0 aliphatic carbocycles. The molecule has 0 radical (unpaired) electrons. The number of fused-ring (bicyclic) bond motifs is 1. The minimum Gasteiger partial charge on any atom is -0.322 e. The number of carbonyl (C=O) groups excluding carboxylic acids is 1. The number of halogens is 1. The summed E-state index contributed by atoms with van der Waals surface area (Å²) in [5, 5.41) is 3.82. The zero-order chi connectivity index (χ0) is 17.2. The van der Waals surface area contributed by atoms with E-state index in [1.165, 1.54) is 0 Å². The summed E-state index contributed by atoms with van der Waals surface area (Å²) in [5.74, 6) is -0.149. The normalized spacial score (nSPS) is 10.8. The van der Waals surface area contributed by atoms with E-state index in [0.717, 1.165) is 31.1 Å². The molecule has 2 heterocycles. The predicted octanol–water partition coefficient (Wildman–Crippen LogP) is 5.37. The Morgan fingerprint density at radius 2 is 1.80 bits per heavy atom. The highest BCUT2D eigenvalue weighted by molar-refractivity contribution is 9.10. The number of nitrogens with zero attached hydrogens (tertiary/aromatic N) is 2. The Balaban J connectivity index is 1.56. The van der Waals surface area contributed by atoms with Gasteiger partial charge in [0.15, 0.2) is 0 Å². The van der Waals surface area contributed by atoms with Crippen LogP contribution >= 0.6 is 27.3 Å². The number of nitrogens with one attached hydrogen (secondary N) is 1. The third kappa shape index (κ3) is 3.31. The summed E-state index contributed by atoms with van der Waals surface area (Å²) < 4.78 is 0.770. The first-order valence-corrected chi connectivity index (χ1v) is 9.19. The summed E-state index contributed by atoms with van der Waals surface area (Å²) in [7, 11) is 0. The van der Waals surface area contributed by atoms with E-state index in [1.54, 1.807) is 23.6 Å². The largest absolute Gasteiger partial charge is 0.322 e. The van der Waals surface area contributed by atoms with Crippen molar-refractivity contribution in [3.8, 4) is 10.6 Å². The average Bonchev–Trinajstić information content (AvgIpc) is 3.07. The van der Waals surface area contributed by atoms with Gasteiger partial charge in [-0.05, 0) is 64.5 Å². The van der Waals surface area contributed by atoms with Gasteiger partial charge in [-0.3, -0.25) is 4.79 Å². The van der Waals surface area contributed by atoms with Crippen LogP contribution in [0.15, 0.2) is 71.3 Å². The Labute approximate surface area is 156 Å². The van der Waals surface area contributed by atoms with Crippen molar-refractivity contribution in [1.29, 1.82) is 0 Å². The number of pyridine rings is 1. The third-order valence-corrected chi connectivity index (χ3v) is 5.39. The molecule has 0 saturated heterocycles. The molecule has 4 rings (SSSR count). The van der Waals surface area contributed by atoms with Crippen molar-refractivity contribution in [3.05, 3.63) is 76.9 Å². The molecule has 2 aromatic carbocycles. The van der Waals surface area contributed by atoms with Crippen LogP contribution in [0.2, 0.25) is 0 Å². The molecule has 2 aromatic heterocycles. The second-order valence-corrected chi connectivity index (χ2v) is 7.19. The molecule has 122 valence electrons. The van der Waals surface area contributed by atoms with Crippen LogP contribution in [0.4, 0.5) is 5.69 Å². The summed E-state index contributed by atoms with van der Waals surface area (Å²) in [5.41, 5.74) is 3.24. The van der Waals surface area contributed by atoms with E-state index < -0.39 is 0 Å². The van der Waals surface area contributed by atoms with Crippen molar-refractivity contribution < 1.29 is 4.79 Å². The van der Waals surface area contributed by atoms with Gasteiger partial charge in [0.2, 0.25) is 0 Å². The highest BCUT2D eigenvalue weighted by Gasteiger charge is 2.10. The van der Waals surface area contributed by atoms with Crippen molar-refractivity contribution in [3.63, 3.8) is 0 Å². The SMILES string of the molecule is O=C(Nc1ccc(-c2nc3cccnc3s2)cc1)c1ccccc1Br. The zero-order valence-electron chi connectivity index (χ0n) is 12.9. The van der Waals surface area contributed by atoms with E-state index in [1.807, 2.05) is 54.6 Å². The number of benzene rings is 2. The van der Waals surface area contributed by atoms with Gasteiger partial charge in [0.1, 0.15) is 15.4 Å². The highest BCUT2D eigenvalue weighted by atomic mass is 79.9. The van der Waals surface area contributed by atoms with Gasteiger partial charge in [0, 0.05) is 21.9 Å². The predicted molar refractivity (Wildman–Crippen MR) is 105 cm³/mol. The molecule has 0 unspecified atom stereocenters. The lowest BCUT2D eigenvalue weighted by atomic mass is 10.2. The smallest absolute Gasteiger partial charge is 0.256 e. The van der Waals surface area contributed by atoms with Crippen molar-refractivity contribution in [2.75, 3.05) is 5.32 Å². The van der Waals surface area contributed by atoms with Crippen molar-refractivity contribution in [2.45, 2.75) is 0 Å². The second kappa shape index (κ2) is 6.74. The molecule has 4 nitrogen and oxygen atoms in total. The Morgan fingerprint density at radius 3 is 2.56 bits per heavy atom. The molecule has 0 aliphatic heterocycles. The van der Waals surface area contributed by atoms with Gasteiger partial charge >= 0.3 is 0 Å². The Hall–Kier alpha value is -2.57. The fourth-order valence-corrected chi connectivity index (χ4v) is 3.81. The fourth-order valence-electron chi connectivity index (χ4n) is 2.43. The van der Waals surface area contributed by atoms with Crippen LogP contribution in [0.5, 0.6) is 0 Å². The van der Waals surface area contributed by atoms with Gasteiger partial charge in [-0.15, -0.1) is 0 Å². The molecule has 0 fully saturated rings. The van der Waals surface area contributed by atoms with Crippen LogP contribution in [-0.2, 0) is 0 Å². The number of amides is 1. The van der Waals surface area contributed by atoms with E-state index in [-0.39, 0.29) is 5.91 Å². The van der Waals surface area contributed by atoms with E-state index in [4.69, 9.17) is 0 Å². The zero-order valence-corrected chi connectivity index (χ0v) is 15.3. The molecular weight excluding hydrogens is 398 g/mol. The summed E-state index contributed by atoms with van der Waals surface area (Å²) in [6, 6.07) is 18.8. The maximum Gasteiger partial charge on any atom is 0.256 e. The standard InChI is InChI=1S/C19H12BrN3OS/c20-15-5-2-1-4-14(15)17(24)22-13-9-7-12(8-10-13)18-23-16-6-3-11-21-19(16)25-18/h1-11H,(H,22,24). The quantitative estimate of drug-likeness (QED) is 0.494. The minimum absolute atomic E-state index is 0.149. The molecule has 25 heavy (non-hydrogen) atoms. The first-order chi connectivity index (χ1) is 12.2. The monoisotopic (exact) mass is 409 g/mol. The molecule has 0 bridgehead atoms. The Kier molecular flexibility index (Phi) is 4.29. The van der Waals surface area contributed by atoms with Crippen LogP contribution in [-0.4, -0.2) is 15.9 Å². The van der Waals surface area contributed by atoms with E-state index in [0.29, 0.717) is 5.56 Å². The van der Waals surface area contributed by atoms with Crippen LogP contribution in [0.3, 0.4) is 0 Å². The number of rotatable bonds is 3. The average molecular weight is 410 g/mol. The summed E-state index contributed by atoms with van der Waals surface area (Å²) >= 11 is 4.95.